The monoisotopic (exact) mass is 499 g/mol. The topological polar surface area (TPSA) is 104 Å². The summed E-state index contributed by atoms with van der Waals surface area (Å²) in [5.41, 5.74) is 1.24. The SMILES string of the molecule is CC(=O)NCCNC(=O)N/C(=N\c1ccc(O[C@H](C)C(F)(F)F)cc1)NCc1ccc(Cl)cc1. The first-order chi connectivity index (χ1) is 16.0. The Morgan fingerprint density at radius 2 is 1.62 bits per heavy atom. The Labute approximate surface area is 199 Å². The molecule has 0 saturated carbocycles. The standard InChI is InChI=1S/C22H25ClF3N5O3/c1-14(22(24,25)26)34-19-9-7-18(8-10-19)30-20(29-13-16-3-5-17(23)6-4-16)31-21(33)28-12-11-27-15(2)32/h3-10,14H,11-13H2,1-2H3,(H,27,32)(H3,28,29,30,31,33)/t14-/m1/s1. The molecule has 0 aliphatic carbocycles. The number of hydrogen-bond donors (Lipinski definition) is 4. The molecule has 184 valence electrons. The Kier molecular flexibility index (Phi) is 9.99. The van der Waals surface area contributed by atoms with Crippen LogP contribution in [0.15, 0.2) is 53.5 Å². The Morgan fingerprint density at radius 1 is 1.00 bits per heavy atom. The molecular weight excluding hydrogens is 475 g/mol. The number of ether oxygens (including phenoxy) is 1. The van der Waals surface area contributed by atoms with E-state index < -0.39 is 18.3 Å². The van der Waals surface area contributed by atoms with Crippen molar-refractivity contribution in [3.8, 4) is 5.75 Å². The number of amides is 3. The van der Waals surface area contributed by atoms with Gasteiger partial charge in [0.25, 0.3) is 0 Å². The number of benzene rings is 2. The van der Waals surface area contributed by atoms with Gasteiger partial charge in [0.2, 0.25) is 11.9 Å². The van der Waals surface area contributed by atoms with Gasteiger partial charge in [0.1, 0.15) is 5.75 Å². The third-order valence-corrected chi connectivity index (χ3v) is 4.49. The van der Waals surface area contributed by atoms with Crippen LogP contribution in [-0.4, -0.2) is 43.3 Å². The number of aliphatic imine (C=N–C) groups is 1. The Balaban J connectivity index is 2.07. The van der Waals surface area contributed by atoms with Crippen LogP contribution < -0.4 is 26.0 Å². The summed E-state index contributed by atoms with van der Waals surface area (Å²) in [4.78, 5) is 27.4. The fourth-order valence-electron chi connectivity index (χ4n) is 2.47. The Hall–Kier alpha value is -3.47. The molecule has 2 rings (SSSR count). The van der Waals surface area contributed by atoms with Gasteiger partial charge in [-0.2, -0.15) is 13.2 Å². The van der Waals surface area contributed by atoms with Crippen LogP contribution in [0.3, 0.4) is 0 Å². The number of hydrogen-bond acceptors (Lipinski definition) is 4. The van der Waals surface area contributed by atoms with Gasteiger partial charge in [0, 0.05) is 31.6 Å². The summed E-state index contributed by atoms with van der Waals surface area (Å²) in [5, 5.41) is 11.3. The molecule has 0 heterocycles. The predicted octanol–water partition coefficient (Wildman–Crippen LogP) is 3.88. The van der Waals surface area contributed by atoms with E-state index in [0.717, 1.165) is 12.5 Å². The predicted molar refractivity (Wildman–Crippen MR) is 123 cm³/mol. The number of guanidine groups is 1. The van der Waals surface area contributed by atoms with Crippen molar-refractivity contribution in [2.75, 3.05) is 13.1 Å². The zero-order valence-electron chi connectivity index (χ0n) is 18.5. The van der Waals surface area contributed by atoms with Crippen molar-refractivity contribution in [2.45, 2.75) is 32.7 Å². The summed E-state index contributed by atoms with van der Waals surface area (Å²) in [6, 6.07) is 12.1. The molecule has 3 amide bonds. The lowest BCUT2D eigenvalue weighted by Gasteiger charge is -2.17. The number of nitrogens with zero attached hydrogens (tertiary/aromatic N) is 1. The summed E-state index contributed by atoms with van der Waals surface area (Å²) in [6.07, 6.45) is -6.44. The van der Waals surface area contributed by atoms with Gasteiger partial charge in [-0.25, -0.2) is 9.79 Å². The fraction of sp³-hybridized carbons (Fsp3) is 0.318. The quantitative estimate of drug-likeness (QED) is 0.251. The maximum Gasteiger partial charge on any atom is 0.425 e. The van der Waals surface area contributed by atoms with Crippen LogP contribution in [0.2, 0.25) is 5.02 Å². The maximum absolute atomic E-state index is 12.7. The van der Waals surface area contributed by atoms with Crippen LogP contribution in [0.5, 0.6) is 5.75 Å². The normalized spacial score (nSPS) is 12.5. The third kappa shape index (κ3) is 9.99. The number of nitrogens with one attached hydrogen (secondary N) is 4. The van der Waals surface area contributed by atoms with E-state index in [1.54, 1.807) is 24.3 Å². The minimum Gasteiger partial charge on any atom is -0.481 e. The van der Waals surface area contributed by atoms with Crippen LogP contribution >= 0.6 is 11.6 Å². The van der Waals surface area contributed by atoms with E-state index in [2.05, 4.69) is 26.3 Å². The second kappa shape index (κ2) is 12.7. The van der Waals surface area contributed by atoms with Gasteiger partial charge in [0.15, 0.2) is 6.10 Å². The summed E-state index contributed by atoms with van der Waals surface area (Å²) >= 11 is 5.89. The highest BCUT2D eigenvalue weighted by Gasteiger charge is 2.38. The molecule has 34 heavy (non-hydrogen) atoms. The molecule has 0 bridgehead atoms. The first kappa shape index (κ1) is 26.8. The van der Waals surface area contributed by atoms with Crippen LogP contribution in [-0.2, 0) is 11.3 Å². The molecule has 12 heteroatoms. The van der Waals surface area contributed by atoms with Crippen molar-refractivity contribution >= 4 is 35.2 Å². The largest absolute Gasteiger partial charge is 0.481 e. The number of urea groups is 1. The minimum absolute atomic E-state index is 0.0307. The highest BCUT2D eigenvalue weighted by molar-refractivity contribution is 6.30. The van der Waals surface area contributed by atoms with Gasteiger partial charge in [-0.15, -0.1) is 0 Å². The van der Waals surface area contributed by atoms with Gasteiger partial charge in [-0.3, -0.25) is 10.1 Å². The molecule has 0 aliphatic heterocycles. The molecule has 4 N–H and O–H groups in total. The van der Waals surface area contributed by atoms with E-state index in [9.17, 15) is 22.8 Å². The molecular formula is C22H25ClF3N5O3. The second-order valence-electron chi connectivity index (χ2n) is 7.10. The zero-order chi connectivity index (χ0) is 25.1. The molecule has 0 saturated heterocycles. The molecule has 8 nitrogen and oxygen atoms in total. The number of carbonyl (C=O) groups is 2. The average Bonchev–Trinajstić information content (AvgIpc) is 2.76. The van der Waals surface area contributed by atoms with E-state index in [1.165, 1.54) is 31.2 Å². The Morgan fingerprint density at radius 3 is 2.21 bits per heavy atom. The number of carbonyl (C=O) groups excluding carboxylic acids is 2. The van der Waals surface area contributed by atoms with Crippen molar-refractivity contribution in [3.05, 3.63) is 59.1 Å². The second-order valence-corrected chi connectivity index (χ2v) is 7.54. The molecule has 0 fully saturated rings. The first-order valence-corrected chi connectivity index (χ1v) is 10.6. The van der Waals surface area contributed by atoms with Gasteiger partial charge < -0.3 is 20.7 Å². The molecule has 2 aromatic carbocycles. The summed E-state index contributed by atoms with van der Waals surface area (Å²) in [6.45, 7) is 3.04. The van der Waals surface area contributed by atoms with Gasteiger partial charge in [-0.1, -0.05) is 23.7 Å². The van der Waals surface area contributed by atoms with Crippen molar-refractivity contribution in [2.24, 2.45) is 4.99 Å². The summed E-state index contributed by atoms with van der Waals surface area (Å²) < 4.78 is 42.9. The zero-order valence-corrected chi connectivity index (χ0v) is 19.3. The van der Waals surface area contributed by atoms with Crippen molar-refractivity contribution in [1.29, 1.82) is 0 Å². The molecule has 1 atom stereocenters. The van der Waals surface area contributed by atoms with E-state index in [-0.39, 0.29) is 30.7 Å². The number of alkyl halides is 3. The molecule has 0 aliphatic rings. The average molecular weight is 500 g/mol. The lowest BCUT2D eigenvalue weighted by molar-refractivity contribution is -0.189. The summed E-state index contributed by atoms with van der Waals surface area (Å²) in [7, 11) is 0. The van der Waals surface area contributed by atoms with Crippen LogP contribution in [0.1, 0.15) is 19.4 Å². The molecule has 0 unspecified atom stereocenters. The van der Waals surface area contributed by atoms with Crippen molar-refractivity contribution in [1.82, 2.24) is 21.3 Å². The summed E-state index contributed by atoms with van der Waals surface area (Å²) in [5.74, 6) is -0.0847. The number of rotatable bonds is 8. The van der Waals surface area contributed by atoms with Gasteiger partial charge in [-0.05, 0) is 48.9 Å². The van der Waals surface area contributed by atoms with Crippen LogP contribution in [0.4, 0.5) is 23.7 Å². The third-order valence-electron chi connectivity index (χ3n) is 4.24. The van der Waals surface area contributed by atoms with Gasteiger partial charge in [0.05, 0.1) is 5.69 Å². The van der Waals surface area contributed by atoms with Crippen LogP contribution in [0, 0.1) is 0 Å². The molecule has 0 radical (unpaired) electrons. The van der Waals surface area contributed by atoms with E-state index in [0.29, 0.717) is 17.3 Å². The highest BCUT2D eigenvalue weighted by atomic mass is 35.5. The van der Waals surface area contributed by atoms with Gasteiger partial charge >= 0.3 is 12.2 Å². The first-order valence-electron chi connectivity index (χ1n) is 10.2. The molecule has 0 aromatic heterocycles. The van der Waals surface area contributed by atoms with Crippen molar-refractivity contribution in [3.63, 3.8) is 0 Å². The molecule has 0 spiro atoms. The van der Waals surface area contributed by atoms with E-state index >= 15 is 0 Å². The highest BCUT2D eigenvalue weighted by Crippen LogP contribution is 2.26. The lowest BCUT2D eigenvalue weighted by atomic mass is 10.2. The minimum atomic E-state index is -4.48. The Bertz CT molecular complexity index is 983. The van der Waals surface area contributed by atoms with E-state index in [1.807, 2.05) is 0 Å². The maximum atomic E-state index is 12.7. The molecule has 2 aromatic rings. The lowest BCUT2D eigenvalue weighted by Crippen LogP contribution is -2.47. The van der Waals surface area contributed by atoms with Crippen molar-refractivity contribution < 1.29 is 27.5 Å². The number of halogens is 4. The van der Waals surface area contributed by atoms with E-state index in [4.69, 9.17) is 16.3 Å². The van der Waals surface area contributed by atoms with Crippen LogP contribution in [0.25, 0.3) is 0 Å². The fourth-order valence-corrected chi connectivity index (χ4v) is 2.59. The smallest absolute Gasteiger partial charge is 0.425 e.